The van der Waals surface area contributed by atoms with Crippen molar-refractivity contribution in [3.8, 4) is 0 Å². The number of aliphatic hydroxyl groups is 1. The molecule has 0 aliphatic carbocycles. The molecule has 4 heterocycles. The second kappa shape index (κ2) is 6.39. The molecule has 1 atom stereocenters. The Balaban J connectivity index is 1.38. The fraction of sp³-hybridized carbons (Fsp3) is 0.412. The first kappa shape index (κ1) is 14.8. The van der Waals surface area contributed by atoms with Gasteiger partial charge in [0.05, 0.1) is 12.3 Å². The summed E-state index contributed by atoms with van der Waals surface area (Å²) in [5, 5.41) is 16.9. The van der Waals surface area contributed by atoms with Gasteiger partial charge in [0.15, 0.2) is 5.65 Å². The van der Waals surface area contributed by atoms with E-state index in [0.29, 0.717) is 5.92 Å². The van der Waals surface area contributed by atoms with Gasteiger partial charge in [-0.05, 0) is 49.4 Å². The minimum Gasteiger partial charge on any atom is -0.387 e. The molecule has 0 saturated carbocycles. The molecule has 0 radical (unpaired) electrons. The summed E-state index contributed by atoms with van der Waals surface area (Å²) >= 11 is 1.65. The molecule has 1 saturated heterocycles. The zero-order chi connectivity index (χ0) is 15.6. The number of hydrogen-bond acceptors (Lipinski definition) is 5. The third-order valence-corrected chi connectivity index (χ3v) is 5.60. The molecule has 0 amide bonds. The van der Waals surface area contributed by atoms with Crippen molar-refractivity contribution in [1.82, 2.24) is 19.5 Å². The van der Waals surface area contributed by atoms with Crippen LogP contribution in [0.3, 0.4) is 0 Å². The number of rotatable bonds is 4. The summed E-state index contributed by atoms with van der Waals surface area (Å²) in [5.41, 5.74) is 2.11. The van der Waals surface area contributed by atoms with Gasteiger partial charge < -0.3 is 5.11 Å². The third-order valence-electron chi connectivity index (χ3n) is 4.66. The first-order valence-corrected chi connectivity index (χ1v) is 8.90. The van der Waals surface area contributed by atoms with Crippen molar-refractivity contribution >= 4 is 17.0 Å². The SMILES string of the molecule is O[C@H](c1cccs1)C1CCN(Cc2cnn3cccnc23)CC1. The van der Waals surface area contributed by atoms with Gasteiger partial charge >= 0.3 is 0 Å². The van der Waals surface area contributed by atoms with Gasteiger partial charge in [-0.1, -0.05) is 6.07 Å². The van der Waals surface area contributed by atoms with Crippen LogP contribution in [0.5, 0.6) is 0 Å². The number of thiophene rings is 1. The average molecular weight is 328 g/mol. The Bertz CT molecular complexity index is 762. The molecule has 120 valence electrons. The average Bonchev–Trinajstić information content (AvgIpc) is 3.25. The van der Waals surface area contributed by atoms with Crippen LogP contribution in [0.4, 0.5) is 0 Å². The molecule has 23 heavy (non-hydrogen) atoms. The summed E-state index contributed by atoms with van der Waals surface area (Å²) in [5.74, 6) is 0.368. The summed E-state index contributed by atoms with van der Waals surface area (Å²) in [6.07, 6.45) is 7.40. The summed E-state index contributed by atoms with van der Waals surface area (Å²) in [6.45, 7) is 2.90. The lowest BCUT2D eigenvalue weighted by Crippen LogP contribution is -2.35. The Morgan fingerprint density at radius 1 is 1.30 bits per heavy atom. The van der Waals surface area contributed by atoms with Crippen molar-refractivity contribution in [1.29, 1.82) is 0 Å². The van der Waals surface area contributed by atoms with Gasteiger partial charge in [0.2, 0.25) is 0 Å². The highest BCUT2D eigenvalue weighted by Crippen LogP contribution is 2.33. The van der Waals surface area contributed by atoms with Gasteiger partial charge in [0.25, 0.3) is 0 Å². The molecular weight excluding hydrogens is 308 g/mol. The number of nitrogens with zero attached hydrogens (tertiary/aromatic N) is 4. The molecule has 0 bridgehead atoms. The Morgan fingerprint density at radius 3 is 2.96 bits per heavy atom. The van der Waals surface area contributed by atoms with Gasteiger partial charge in [-0.25, -0.2) is 9.50 Å². The summed E-state index contributed by atoms with van der Waals surface area (Å²) < 4.78 is 1.82. The maximum atomic E-state index is 10.5. The van der Waals surface area contributed by atoms with Crippen LogP contribution in [0.2, 0.25) is 0 Å². The van der Waals surface area contributed by atoms with Crippen LogP contribution in [0.25, 0.3) is 5.65 Å². The molecule has 1 aliphatic heterocycles. The Morgan fingerprint density at radius 2 is 2.17 bits per heavy atom. The lowest BCUT2D eigenvalue weighted by molar-refractivity contribution is 0.0592. The number of fused-ring (bicyclic) bond motifs is 1. The second-order valence-corrected chi connectivity index (χ2v) is 7.11. The van der Waals surface area contributed by atoms with E-state index in [1.54, 1.807) is 11.3 Å². The van der Waals surface area contributed by atoms with E-state index in [1.165, 1.54) is 5.56 Å². The highest BCUT2D eigenvalue weighted by Gasteiger charge is 2.27. The number of hydrogen-bond donors (Lipinski definition) is 1. The fourth-order valence-electron chi connectivity index (χ4n) is 3.35. The van der Waals surface area contributed by atoms with Crippen LogP contribution < -0.4 is 0 Å². The lowest BCUT2D eigenvalue weighted by atomic mass is 9.90. The summed E-state index contributed by atoms with van der Waals surface area (Å²) in [6, 6.07) is 5.93. The van der Waals surface area contributed by atoms with Crippen molar-refractivity contribution in [3.05, 3.63) is 52.6 Å². The van der Waals surface area contributed by atoms with Crippen LogP contribution in [0.1, 0.15) is 29.4 Å². The van der Waals surface area contributed by atoms with Crippen LogP contribution in [-0.4, -0.2) is 37.7 Å². The molecule has 0 unspecified atom stereocenters. The first-order valence-electron chi connectivity index (χ1n) is 8.02. The van der Waals surface area contributed by atoms with Gasteiger partial charge in [-0.15, -0.1) is 11.3 Å². The second-order valence-electron chi connectivity index (χ2n) is 6.13. The normalized spacial score (nSPS) is 18.5. The molecule has 5 nitrogen and oxygen atoms in total. The van der Waals surface area contributed by atoms with Crippen molar-refractivity contribution in [2.75, 3.05) is 13.1 Å². The molecule has 1 N–H and O–H groups in total. The van der Waals surface area contributed by atoms with Crippen molar-refractivity contribution in [3.63, 3.8) is 0 Å². The fourth-order valence-corrected chi connectivity index (χ4v) is 4.15. The number of aromatic nitrogens is 3. The van der Waals surface area contributed by atoms with Gasteiger partial charge in [0, 0.05) is 29.4 Å². The van der Waals surface area contributed by atoms with E-state index in [9.17, 15) is 5.11 Å². The number of piperidine rings is 1. The van der Waals surface area contributed by atoms with Crippen LogP contribution in [0, 0.1) is 5.92 Å². The quantitative estimate of drug-likeness (QED) is 0.800. The zero-order valence-corrected chi connectivity index (χ0v) is 13.7. The van der Waals surface area contributed by atoms with Crippen molar-refractivity contribution < 1.29 is 5.11 Å². The standard InChI is InChI=1S/C17H20N4OS/c22-16(15-3-1-10-23-15)13-4-8-20(9-5-13)12-14-11-19-21-7-2-6-18-17(14)21/h1-3,6-7,10-11,13,16,22H,4-5,8-9,12H2/t16-/m0/s1. The summed E-state index contributed by atoms with van der Waals surface area (Å²) in [7, 11) is 0. The number of likely N-dealkylation sites (tertiary alicyclic amines) is 1. The van der Waals surface area contributed by atoms with E-state index in [0.717, 1.165) is 43.0 Å². The minimum absolute atomic E-state index is 0.309. The Labute approximate surface area is 139 Å². The van der Waals surface area contributed by atoms with E-state index in [2.05, 4.69) is 15.0 Å². The predicted octanol–water partition coefficient (Wildman–Crippen LogP) is 2.74. The summed E-state index contributed by atoms with van der Waals surface area (Å²) in [4.78, 5) is 7.95. The monoisotopic (exact) mass is 328 g/mol. The van der Waals surface area contributed by atoms with Gasteiger partial charge in [-0.2, -0.15) is 5.10 Å². The molecule has 4 rings (SSSR count). The van der Waals surface area contributed by atoms with Crippen LogP contribution in [-0.2, 0) is 6.54 Å². The van der Waals surface area contributed by atoms with E-state index in [-0.39, 0.29) is 6.10 Å². The van der Waals surface area contributed by atoms with Crippen molar-refractivity contribution in [2.24, 2.45) is 5.92 Å². The maximum Gasteiger partial charge on any atom is 0.159 e. The van der Waals surface area contributed by atoms with Gasteiger partial charge in [-0.3, -0.25) is 4.90 Å². The van der Waals surface area contributed by atoms with E-state index in [1.807, 2.05) is 46.7 Å². The molecule has 1 aliphatic rings. The number of aliphatic hydroxyl groups excluding tert-OH is 1. The molecule has 3 aromatic heterocycles. The molecule has 0 spiro atoms. The molecule has 6 heteroatoms. The third kappa shape index (κ3) is 3.02. The molecule has 0 aromatic carbocycles. The van der Waals surface area contributed by atoms with E-state index in [4.69, 9.17) is 0 Å². The largest absolute Gasteiger partial charge is 0.387 e. The molecule has 1 fully saturated rings. The lowest BCUT2D eigenvalue weighted by Gasteiger charge is -2.33. The Hall–Kier alpha value is -1.76. The zero-order valence-electron chi connectivity index (χ0n) is 12.9. The van der Waals surface area contributed by atoms with Gasteiger partial charge in [0.1, 0.15) is 0 Å². The molecule has 3 aromatic rings. The highest BCUT2D eigenvalue weighted by molar-refractivity contribution is 7.10. The van der Waals surface area contributed by atoms with Crippen LogP contribution >= 0.6 is 11.3 Å². The Kier molecular flexibility index (Phi) is 4.11. The highest BCUT2D eigenvalue weighted by atomic mass is 32.1. The van der Waals surface area contributed by atoms with Crippen LogP contribution in [0.15, 0.2) is 42.2 Å². The first-order chi connectivity index (χ1) is 11.3. The maximum absolute atomic E-state index is 10.5. The smallest absolute Gasteiger partial charge is 0.159 e. The van der Waals surface area contributed by atoms with E-state index >= 15 is 0 Å². The van der Waals surface area contributed by atoms with Crippen molar-refractivity contribution in [2.45, 2.75) is 25.5 Å². The minimum atomic E-state index is -0.309. The predicted molar refractivity (Wildman–Crippen MR) is 90.3 cm³/mol. The van der Waals surface area contributed by atoms with E-state index < -0.39 is 0 Å². The topological polar surface area (TPSA) is 53.7 Å². The molecular formula is C17H20N4OS.